The summed E-state index contributed by atoms with van der Waals surface area (Å²) in [6, 6.07) is 6.24. The fourth-order valence-electron chi connectivity index (χ4n) is 1.75. The van der Waals surface area contributed by atoms with Crippen LogP contribution in [0.1, 0.15) is 13.8 Å². The highest BCUT2D eigenvalue weighted by Gasteiger charge is 2.23. The van der Waals surface area contributed by atoms with Gasteiger partial charge < -0.3 is 9.64 Å². The van der Waals surface area contributed by atoms with Gasteiger partial charge in [-0.1, -0.05) is 17.8 Å². The van der Waals surface area contributed by atoms with Crippen molar-refractivity contribution in [2.45, 2.75) is 18.7 Å². The van der Waals surface area contributed by atoms with E-state index in [9.17, 15) is 0 Å². The van der Waals surface area contributed by atoms with Crippen molar-refractivity contribution in [3.05, 3.63) is 29.3 Å². The lowest BCUT2D eigenvalue weighted by molar-refractivity contribution is 0.414. The predicted octanol–water partition coefficient (Wildman–Crippen LogP) is 3.49. The molecule has 0 radical (unpaired) electrons. The number of fused-ring (bicyclic) bond motifs is 1. The summed E-state index contributed by atoms with van der Waals surface area (Å²) >= 11 is 1.81. The number of ether oxygens (including phenoxy) is 1. The molecule has 1 heterocycles. The summed E-state index contributed by atoms with van der Waals surface area (Å²) in [5, 5.41) is 1.31. The van der Waals surface area contributed by atoms with Crippen molar-refractivity contribution in [2.75, 3.05) is 18.6 Å². The highest BCUT2D eigenvalue weighted by atomic mass is 32.2. The second kappa shape index (κ2) is 4.19. The van der Waals surface area contributed by atoms with Crippen LogP contribution in [0, 0.1) is 0 Å². The van der Waals surface area contributed by atoms with Crippen LogP contribution < -0.4 is 9.64 Å². The number of allylic oxidation sites excluding steroid dienone is 1. The van der Waals surface area contributed by atoms with E-state index in [2.05, 4.69) is 37.0 Å². The molecule has 0 N–H and O–H groups in total. The summed E-state index contributed by atoms with van der Waals surface area (Å²) in [6.07, 6.45) is 2.15. The molecule has 0 unspecified atom stereocenters. The Morgan fingerprint density at radius 1 is 1.47 bits per heavy atom. The fourth-order valence-corrected chi connectivity index (χ4v) is 2.89. The lowest BCUT2D eigenvalue weighted by atomic mass is 10.3. The first-order valence-corrected chi connectivity index (χ1v) is 5.91. The summed E-state index contributed by atoms with van der Waals surface area (Å²) in [5.41, 5.74) is 1.29. The molecule has 0 amide bonds. The Kier molecular flexibility index (Phi) is 2.91. The van der Waals surface area contributed by atoms with Crippen LogP contribution in [0.2, 0.25) is 0 Å². The topological polar surface area (TPSA) is 12.5 Å². The first-order valence-electron chi connectivity index (χ1n) is 5.10. The van der Waals surface area contributed by atoms with Crippen LogP contribution in [-0.4, -0.2) is 13.7 Å². The second-order valence-corrected chi connectivity index (χ2v) is 4.37. The maximum Gasteiger partial charge on any atom is 0.120 e. The van der Waals surface area contributed by atoms with E-state index in [4.69, 9.17) is 4.74 Å². The third-order valence-electron chi connectivity index (χ3n) is 2.50. The van der Waals surface area contributed by atoms with Gasteiger partial charge >= 0.3 is 0 Å². The molecule has 0 aromatic heterocycles. The maximum atomic E-state index is 5.23. The van der Waals surface area contributed by atoms with E-state index in [1.807, 2.05) is 6.07 Å². The molecular weight excluding hydrogens is 206 g/mol. The molecule has 0 fully saturated rings. The summed E-state index contributed by atoms with van der Waals surface area (Å²) in [5.74, 6) is 0.926. The number of benzene rings is 1. The quantitative estimate of drug-likeness (QED) is 0.758. The molecule has 0 spiro atoms. The van der Waals surface area contributed by atoms with Gasteiger partial charge in [-0.25, -0.2) is 0 Å². The second-order valence-electron chi connectivity index (χ2n) is 3.31. The monoisotopic (exact) mass is 221 g/mol. The minimum atomic E-state index is 0.926. The van der Waals surface area contributed by atoms with E-state index < -0.39 is 0 Å². The number of hydrogen-bond donors (Lipinski definition) is 0. The van der Waals surface area contributed by atoms with Gasteiger partial charge in [-0.15, -0.1) is 0 Å². The SMILES string of the molecule is C/C=C1\Sc2cc(OC)ccc2N1CC. The molecule has 1 aromatic carbocycles. The van der Waals surface area contributed by atoms with Gasteiger partial charge in [-0.05, 0) is 32.0 Å². The van der Waals surface area contributed by atoms with Crippen molar-refractivity contribution in [2.24, 2.45) is 0 Å². The van der Waals surface area contributed by atoms with Gasteiger partial charge in [0.1, 0.15) is 5.75 Å². The molecular formula is C12H15NOS. The smallest absolute Gasteiger partial charge is 0.120 e. The van der Waals surface area contributed by atoms with E-state index in [0.29, 0.717) is 0 Å². The number of rotatable bonds is 2. The molecule has 1 aliphatic heterocycles. The van der Waals surface area contributed by atoms with Crippen LogP contribution >= 0.6 is 11.8 Å². The standard InChI is InChI=1S/C12H15NOS/c1-4-12-13(5-2)10-7-6-9(14-3)8-11(10)15-12/h4,6-8H,5H2,1-3H3/b12-4-. The van der Waals surface area contributed by atoms with Crippen LogP contribution in [0.4, 0.5) is 5.69 Å². The minimum absolute atomic E-state index is 0.926. The number of nitrogens with zero attached hydrogens (tertiary/aromatic N) is 1. The molecule has 0 saturated heterocycles. The summed E-state index contributed by atoms with van der Waals surface area (Å²) in [4.78, 5) is 3.60. The lowest BCUT2D eigenvalue weighted by Gasteiger charge is -2.17. The summed E-state index contributed by atoms with van der Waals surface area (Å²) < 4.78 is 5.23. The molecule has 0 atom stereocenters. The normalized spacial score (nSPS) is 17.0. The molecule has 15 heavy (non-hydrogen) atoms. The summed E-state index contributed by atoms with van der Waals surface area (Å²) in [7, 11) is 1.70. The zero-order valence-electron chi connectivity index (χ0n) is 9.28. The number of hydrogen-bond acceptors (Lipinski definition) is 3. The van der Waals surface area contributed by atoms with Crippen LogP contribution in [0.3, 0.4) is 0 Å². The van der Waals surface area contributed by atoms with E-state index in [0.717, 1.165) is 12.3 Å². The van der Waals surface area contributed by atoms with Crippen LogP contribution in [0.5, 0.6) is 5.75 Å². The Morgan fingerprint density at radius 2 is 2.27 bits per heavy atom. The highest BCUT2D eigenvalue weighted by molar-refractivity contribution is 8.03. The Bertz CT molecular complexity index is 401. The van der Waals surface area contributed by atoms with Crippen LogP contribution in [-0.2, 0) is 0 Å². The number of anilines is 1. The highest BCUT2D eigenvalue weighted by Crippen LogP contribution is 2.46. The Morgan fingerprint density at radius 3 is 2.87 bits per heavy atom. The predicted molar refractivity (Wildman–Crippen MR) is 65.6 cm³/mol. The molecule has 2 nitrogen and oxygen atoms in total. The van der Waals surface area contributed by atoms with E-state index >= 15 is 0 Å². The first-order chi connectivity index (χ1) is 7.30. The van der Waals surface area contributed by atoms with Gasteiger partial charge in [0.25, 0.3) is 0 Å². The van der Waals surface area contributed by atoms with Gasteiger partial charge in [0, 0.05) is 11.4 Å². The molecule has 1 aromatic rings. The average Bonchev–Trinajstić information content (AvgIpc) is 2.65. The molecule has 3 heteroatoms. The van der Waals surface area contributed by atoms with Crippen molar-refractivity contribution in [3.8, 4) is 5.75 Å². The molecule has 0 aliphatic carbocycles. The van der Waals surface area contributed by atoms with Crippen LogP contribution in [0.15, 0.2) is 34.2 Å². The van der Waals surface area contributed by atoms with Crippen molar-refractivity contribution in [3.63, 3.8) is 0 Å². The average molecular weight is 221 g/mol. The van der Waals surface area contributed by atoms with Crippen molar-refractivity contribution in [1.29, 1.82) is 0 Å². The van der Waals surface area contributed by atoms with Gasteiger partial charge in [0.15, 0.2) is 0 Å². The third-order valence-corrected chi connectivity index (χ3v) is 3.71. The summed E-state index contributed by atoms with van der Waals surface area (Å²) in [6.45, 7) is 5.25. The van der Waals surface area contributed by atoms with Gasteiger partial charge in [-0.2, -0.15) is 0 Å². The Hall–Kier alpha value is -1.09. The van der Waals surface area contributed by atoms with E-state index in [-0.39, 0.29) is 0 Å². The lowest BCUT2D eigenvalue weighted by Crippen LogP contribution is -2.16. The molecule has 0 bridgehead atoms. The van der Waals surface area contributed by atoms with E-state index in [1.54, 1.807) is 18.9 Å². The molecule has 2 rings (SSSR count). The molecule has 1 aliphatic rings. The number of thioether (sulfide) groups is 1. The largest absolute Gasteiger partial charge is 0.497 e. The minimum Gasteiger partial charge on any atom is -0.497 e. The van der Waals surface area contributed by atoms with Crippen LogP contribution in [0.25, 0.3) is 0 Å². The van der Waals surface area contributed by atoms with Gasteiger partial charge in [0.05, 0.1) is 17.8 Å². The van der Waals surface area contributed by atoms with Crippen molar-refractivity contribution >= 4 is 17.4 Å². The number of methoxy groups -OCH3 is 1. The molecule has 0 saturated carbocycles. The van der Waals surface area contributed by atoms with Gasteiger partial charge in [0.2, 0.25) is 0 Å². The van der Waals surface area contributed by atoms with Crippen molar-refractivity contribution in [1.82, 2.24) is 0 Å². The van der Waals surface area contributed by atoms with Gasteiger partial charge in [-0.3, -0.25) is 0 Å². The maximum absolute atomic E-state index is 5.23. The molecule has 80 valence electrons. The van der Waals surface area contributed by atoms with Crippen molar-refractivity contribution < 1.29 is 4.74 Å². The first kappa shape index (κ1) is 10.4. The Balaban J connectivity index is 2.43. The zero-order chi connectivity index (χ0) is 10.8. The third kappa shape index (κ3) is 1.72. The van der Waals surface area contributed by atoms with E-state index in [1.165, 1.54) is 15.6 Å². The zero-order valence-corrected chi connectivity index (χ0v) is 10.1. The fraction of sp³-hybridized carbons (Fsp3) is 0.333. The Labute approximate surface area is 94.9 Å².